The molecule has 27 heavy (non-hydrogen) atoms. The number of nitrogens with one attached hydrogen (secondary N) is 1. The van der Waals surface area contributed by atoms with Gasteiger partial charge in [0.05, 0.1) is 25.7 Å². The van der Waals surface area contributed by atoms with Crippen LogP contribution in [-0.2, 0) is 16.6 Å². The molecule has 2 atom stereocenters. The van der Waals surface area contributed by atoms with Gasteiger partial charge in [0.25, 0.3) is 0 Å². The first kappa shape index (κ1) is 22.3. The topological polar surface area (TPSA) is 83.8 Å². The molecule has 0 saturated carbocycles. The summed E-state index contributed by atoms with van der Waals surface area (Å²) < 4.78 is 52.1. The molecule has 1 aliphatic heterocycles. The summed E-state index contributed by atoms with van der Waals surface area (Å²) in [7, 11) is 1.50. The molecule has 140 valence electrons. The molecule has 0 radical (unpaired) electrons. The predicted octanol–water partition coefficient (Wildman–Crippen LogP) is 0.367. The van der Waals surface area contributed by atoms with E-state index in [-0.39, 0.29) is 62.9 Å². The van der Waals surface area contributed by atoms with Crippen LogP contribution in [0.1, 0.15) is 5.69 Å². The van der Waals surface area contributed by atoms with Gasteiger partial charge in [-0.05, 0) is 18.2 Å². The van der Waals surface area contributed by atoms with Crippen LogP contribution in [0.3, 0.4) is 0 Å². The van der Waals surface area contributed by atoms with Gasteiger partial charge in [-0.25, -0.2) is 0 Å². The van der Waals surface area contributed by atoms with E-state index in [1.165, 1.54) is 32.5 Å². The summed E-state index contributed by atoms with van der Waals surface area (Å²) in [4.78, 5) is 4.19. The molecule has 1 aliphatic rings. The number of anilines is 1. The third-order valence-corrected chi connectivity index (χ3v) is 4.90. The Balaban J connectivity index is 0.00000261. The summed E-state index contributed by atoms with van der Waals surface area (Å²) in [6, 6.07) is 5.96. The number of halogens is 2. The van der Waals surface area contributed by atoms with E-state index >= 15 is 0 Å². The zero-order valence-corrected chi connectivity index (χ0v) is 18.9. The number of hydrogen-bond acceptors (Lipinski definition) is 6. The maximum atomic E-state index is 12.7. The first-order valence-corrected chi connectivity index (χ1v) is 8.89. The van der Waals surface area contributed by atoms with Crippen LogP contribution in [0, 0.1) is 0 Å². The fourth-order valence-electron chi connectivity index (χ4n) is 2.50. The minimum Gasteiger partial charge on any atom is -0.653 e. The van der Waals surface area contributed by atoms with Crippen molar-refractivity contribution in [3.8, 4) is 17.2 Å². The second-order valence-corrected chi connectivity index (χ2v) is 6.70. The molecule has 1 N–H and O–H groups in total. The SMILES string of the molecule is COc1ccnc(CS(=O)[C@H]2[N-]c3cc(OC(F)F)ccc3N2)c1OC.[K+]. The monoisotopic (exact) mass is 423 g/mol. The maximum absolute atomic E-state index is 12.7. The molecule has 2 aromatic rings. The number of alkyl halides is 2. The normalized spacial score (nSPS) is 15.8. The summed E-state index contributed by atoms with van der Waals surface area (Å²) >= 11 is 0. The largest absolute Gasteiger partial charge is 1.00 e. The van der Waals surface area contributed by atoms with E-state index in [0.717, 1.165) is 0 Å². The number of hydrogen-bond donors (Lipinski definition) is 1. The van der Waals surface area contributed by atoms with Gasteiger partial charge in [-0.2, -0.15) is 8.78 Å². The molecule has 7 nitrogen and oxygen atoms in total. The van der Waals surface area contributed by atoms with Gasteiger partial charge in [-0.1, -0.05) is 0 Å². The minimum atomic E-state index is -2.92. The van der Waals surface area contributed by atoms with Gasteiger partial charge in [-0.15, -0.1) is 5.69 Å². The average molecular weight is 423 g/mol. The van der Waals surface area contributed by atoms with Crippen LogP contribution < -0.4 is 70.9 Å². The van der Waals surface area contributed by atoms with Gasteiger partial charge < -0.3 is 24.8 Å². The molecule has 0 amide bonds. The fourth-order valence-corrected chi connectivity index (χ4v) is 3.62. The Bertz CT molecular complexity index is 828. The Morgan fingerprint density at radius 3 is 2.74 bits per heavy atom. The van der Waals surface area contributed by atoms with Crippen molar-refractivity contribution in [1.82, 2.24) is 4.98 Å². The van der Waals surface area contributed by atoms with Crippen LogP contribution in [-0.4, -0.2) is 35.5 Å². The Hall–Kier alpha value is -0.984. The molecule has 1 aromatic carbocycles. The first-order valence-electron chi connectivity index (χ1n) is 7.51. The van der Waals surface area contributed by atoms with Crippen molar-refractivity contribution in [2.45, 2.75) is 17.9 Å². The Kier molecular flexibility index (Phi) is 8.25. The molecule has 1 aromatic heterocycles. The molecule has 0 spiro atoms. The van der Waals surface area contributed by atoms with Crippen molar-refractivity contribution in [1.29, 1.82) is 0 Å². The zero-order chi connectivity index (χ0) is 18.7. The number of benzene rings is 1. The van der Waals surface area contributed by atoms with Crippen LogP contribution in [0.4, 0.5) is 20.2 Å². The van der Waals surface area contributed by atoms with Gasteiger partial charge in [0, 0.05) is 34.2 Å². The van der Waals surface area contributed by atoms with Crippen LogP contribution in [0.15, 0.2) is 30.5 Å². The van der Waals surface area contributed by atoms with E-state index in [1.807, 2.05) is 0 Å². The quantitative estimate of drug-likeness (QED) is 0.648. The molecule has 0 fully saturated rings. The number of aromatic nitrogens is 1. The Labute approximate surface area is 200 Å². The standard InChI is InChI=1S/C16H16F2N3O4S.K/c1-23-13-5-6-19-12(14(13)24-2)8-26(22)16-20-10-4-3-9(25-15(17)18)7-11(10)21-16;/h3-7,15-16,20H,8H2,1-2H3;/q-1;+1/t16-,26?;/m1./s1. The van der Waals surface area contributed by atoms with E-state index in [1.54, 1.807) is 12.1 Å². The third-order valence-electron chi connectivity index (χ3n) is 3.62. The van der Waals surface area contributed by atoms with E-state index in [9.17, 15) is 13.0 Å². The van der Waals surface area contributed by atoms with Crippen molar-refractivity contribution in [2.75, 3.05) is 19.5 Å². The molecular weight excluding hydrogens is 407 g/mol. The van der Waals surface area contributed by atoms with E-state index in [2.05, 4.69) is 20.4 Å². The third kappa shape index (κ3) is 5.30. The molecule has 2 heterocycles. The van der Waals surface area contributed by atoms with Crippen molar-refractivity contribution >= 4 is 22.2 Å². The van der Waals surface area contributed by atoms with Gasteiger partial charge >= 0.3 is 58.0 Å². The van der Waals surface area contributed by atoms with Crippen molar-refractivity contribution in [2.24, 2.45) is 0 Å². The van der Waals surface area contributed by atoms with Gasteiger partial charge in [0.1, 0.15) is 5.75 Å². The average Bonchev–Trinajstić information content (AvgIpc) is 3.04. The summed E-state index contributed by atoms with van der Waals surface area (Å²) in [6.45, 7) is -2.92. The molecule has 0 saturated heterocycles. The van der Waals surface area contributed by atoms with E-state index in [0.29, 0.717) is 28.6 Å². The fraction of sp³-hybridized carbons (Fsp3) is 0.312. The Morgan fingerprint density at radius 2 is 2.07 bits per heavy atom. The van der Waals surface area contributed by atoms with Crippen molar-refractivity contribution in [3.05, 3.63) is 41.5 Å². The molecular formula is C16H16F2KN3O4S. The van der Waals surface area contributed by atoms with Gasteiger partial charge in [-0.3, -0.25) is 9.19 Å². The van der Waals surface area contributed by atoms with Crippen LogP contribution in [0.5, 0.6) is 17.2 Å². The summed E-state index contributed by atoms with van der Waals surface area (Å²) in [5.41, 5.74) is 0.743. The van der Waals surface area contributed by atoms with Crippen molar-refractivity contribution in [3.63, 3.8) is 0 Å². The molecule has 0 aliphatic carbocycles. The summed E-state index contributed by atoms with van der Waals surface area (Å²) in [5.74, 6) is 0.969. The van der Waals surface area contributed by atoms with Gasteiger partial charge in [0.15, 0.2) is 11.5 Å². The number of pyridine rings is 1. The number of methoxy groups -OCH3 is 2. The second kappa shape index (κ2) is 9.98. The number of nitrogens with zero attached hydrogens (tertiary/aromatic N) is 2. The summed E-state index contributed by atoms with van der Waals surface area (Å²) in [5, 5.41) is 7.27. The first-order chi connectivity index (χ1) is 12.5. The van der Waals surface area contributed by atoms with Crippen LogP contribution in [0.25, 0.3) is 5.32 Å². The van der Waals surface area contributed by atoms with Crippen molar-refractivity contribution < 1.29 is 78.6 Å². The molecule has 1 unspecified atom stereocenters. The minimum absolute atomic E-state index is 0. The maximum Gasteiger partial charge on any atom is 1.00 e. The van der Waals surface area contributed by atoms with Crippen LogP contribution >= 0.6 is 0 Å². The Morgan fingerprint density at radius 1 is 1.30 bits per heavy atom. The van der Waals surface area contributed by atoms with Crippen LogP contribution in [0.2, 0.25) is 0 Å². The molecule has 0 bridgehead atoms. The van der Waals surface area contributed by atoms with E-state index < -0.39 is 22.9 Å². The smallest absolute Gasteiger partial charge is 0.653 e. The second-order valence-electron chi connectivity index (χ2n) is 5.20. The number of fused-ring (bicyclic) bond motifs is 1. The summed E-state index contributed by atoms with van der Waals surface area (Å²) in [6.07, 6.45) is 1.54. The zero-order valence-electron chi connectivity index (χ0n) is 14.9. The number of rotatable bonds is 7. The van der Waals surface area contributed by atoms with E-state index in [4.69, 9.17) is 9.47 Å². The van der Waals surface area contributed by atoms with Gasteiger partial charge in [0.2, 0.25) is 0 Å². The number of ether oxygens (including phenoxy) is 3. The molecule has 11 heteroatoms. The molecule has 3 rings (SSSR count). The predicted molar refractivity (Wildman–Crippen MR) is 92.7 cm³/mol.